The van der Waals surface area contributed by atoms with E-state index < -0.39 is 6.10 Å². The molecule has 296 valence electrons. The van der Waals surface area contributed by atoms with Crippen LogP contribution in [0, 0.1) is 5.92 Å². The molecule has 0 saturated heterocycles. The zero-order valence-corrected chi connectivity index (χ0v) is 33.9. The minimum atomic E-state index is -0.757. The number of hydrogen-bond acceptors (Lipinski definition) is 6. The van der Waals surface area contributed by atoms with E-state index in [2.05, 4.69) is 27.7 Å². The third kappa shape index (κ3) is 36.2. The monoisotopic (exact) mass is 709 g/mol. The fraction of sp³-hybridized carbons (Fsp3) is 0.932. The predicted octanol–water partition coefficient (Wildman–Crippen LogP) is 13.6. The SMILES string of the molecule is CCCCCCCCCCCC(=O)OC[C@@H](COC(=O)CCCCCCCCCCCCC(C)CC)OC(=O)CCCCCCCCCCC. The summed E-state index contributed by atoms with van der Waals surface area (Å²) in [6.45, 7) is 8.97. The van der Waals surface area contributed by atoms with E-state index in [0.717, 1.165) is 63.7 Å². The number of hydrogen-bond donors (Lipinski definition) is 0. The van der Waals surface area contributed by atoms with Gasteiger partial charge in [0.05, 0.1) is 0 Å². The van der Waals surface area contributed by atoms with Gasteiger partial charge in [-0.25, -0.2) is 0 Å². The van der Waals surface area contributed by atoms with Crippen LogP contribution in [0.1, 0.15) is 240 Å². The van der Waals surface area contributed by atoms with Crippen molar-refractivity contribution in [2.75, 3.05) is 13.2 Å². The van der Waals surface area contributed by atoms with Gasteiger partial charge in [0.25, 0.3) is 0 Å². The van der Waals surface area contributed by atoms with Gasteiger partial charge >= 0.3 is 17.9 Å². The minimum absolute atomic E-state index is 0.0645. The molecule has 0 saturated carbocycles. The summed E-state index contributed by atoms with van der Waals surface area (Å²) in [5, 5.41) is 0. The highest BCUT2D eigenvalue weighted by molar-refractivity contribution is 5.71. The molecule has 0 radical (unpaired) electrons. The molecule has 0 aromatic carbocycles. The van der Waals surface area contributed by atoms with Gasteiger partial charge < -0.3 is 14.2 Å². The van der Waals surface area contributed by atoms with Crippen molar-refractivity contribution in [1.29, 1.82) is 0 Å². The molecule has 6 heteroatoms. The maximum absolute atomic E-state index is 12.6. The van der Waals surface area contributed by atoms with Gasteiger partial charge in [0.1, 0.15) is 13.2 Å². The Morgan fingerprint density at radius 2 is 0.700 bits per heavy atom. The summed E-state index contributed by atoms with van der Waals surface area (Å²) in [6, 6.07) is 0. The zero-order valence-electron chi connectivity index (χ0n) is 33.9. The van der Waals surface area contributed by atoms with Crippen molar-refractivity contribution in [1.82, 2.24) is 0 Å². The highest BCUT2D eigenvalue weighted by Gasteiger charge is 2.19. The number of rotatable bonds is 39. The molecule has 0 spiro atoms. The average molecular weight is 709 g/mol. The molecule has 0 bridgehead atoms. The summed E-state index contributed by atoms with van der Waals surface area (Å²) >= 11 is 0. The summed E-state index contributed by atoms with van der Waals surface area (Å²) in [5.74, 6) is 0.00791. The Bertz CT molecular complexity index is 753. The van der Waals surface area contributed by atoms with Gasteiger partial charge in [0.15, 0.2) is 6.10 Å². The Labute approximate surface area is 310 Å². The second-order valence-corrected chi connectivity index (χ2v) is 15.2. The van der Waals surface area contributed by atoms with Crippen molar-refractivity contribution in [3.63, 3.8) is 0 Å². The summed E-state index contributed by atoms with van der Waals surface area (Å²) in [5.41, 5.74) is 0. The fourth-order valence-electron chi connectivity index (χ4n) is 6.42. The van der Waals surface area contributed by atoms with Crippen molar-refractivity contribution < 1.29 is 28.6 Å². The van der Waals surface area contributed by atoms with Crippen LogP contribution >= 0.6 is 0 Å². The van der Waals surface area contributed by atoms with Crippen molar-refractivity contribution in [3.05, 3.63) is 0 Å². The first-order chi connectivity index (χ1) is 24.4. The first-order valence-corrected chi connectivity index (χ1v) is 21.9. The average Bonchev–Trinajstić information content (AvgIpc) is 3.11. The lowest BCUT2D eigenvalue weighted by Gasteiger charge is -2.18. The Balaban J connectivity index is 4.29. The molecule has 0 aromatic rings. The van der Waals surface area contributed by atoms with Crippen molar-refractivity contribution in [3.8, 4) is 0 Å². The van der Waals surface area contributed by atoms with Crippen LogP contribution in [0.15, 0.2) is 0 Å². The lowest BCUT2D eigenvalue weighted by molar-refractivity contribution is -0.167. The van der Waals surface area contributed by atoms with E-state index in [4.69, 9.17) is 14.2 Å². The molecule has 50 heavy (non-hydrogen) atoms. The smallest absolute Gasteiger partial charge is 0.306 e. The molecule has 0 aliphatic heterocycles. The third-order valence-electron chi connectivity index (χ3n) is 10.2. The molecule has 2 atom stereocenters. The van der Waals surface area contributed by atoms with Gasteiger partial charge in [-0.15, -0.1) is 0 Å². The normalized spacial score (nSPS) is 12.5. The molecule has 0 N–H and O–H groups in total. The lowest BCUT2D eigenvalue weighted by atomic mass is 9.99. The fourth-order valence-corrected chi connectivity index (χ4v) is 6.42. The largest absolute Gasteiger partial charge is 0.462 e. The molecule has 0 rings (SSSR count). The number of unbranched alkanes of at least 4 members (excludes halogenated alkanes) is 25. The molecule has 0 amide bonds. The summed E-state index contributed by atoms with van der Waals surface area (Å²) in [4.78, 5) is 37.5. The van der Waals surface area contributed by atoms with Gasteiger partial charge in [-0.3, -0.25) is 14.4 Å². The number of carbonyl (C=O) groups excluding carboxylic acids is 3. The van der Waals surface area contributed by atoms with Crippen molar-refractivity contribution in [2.24, 2.45) is 5.92 Å². The first-order valence-electron chi connectivity index (χ1n) is 21.9. The third-order valence-corrected chi connectivity index (χ3v) is 10.2. The topological polar surface area (TPSA) is 78.9 Å². The molecular weight excluding hydrogens is 624 g/mol. The van der Waals surface area contributed by atoms with Crippen LogP contribution < -0.4 is 0 Å². The van der Waals surface area contributed by atoms with E-state index in [0.29, 0.717) is 19.3 Å². The quantitative estimate of drug-likeness (QED) is 0.0359. The second-order valence-electron chi connectivity index (χ2n) is 15.2. The molecular formula is C44H84O6. The Hall–Kier alpha value is -1.59. The number of carbonyl (C=O) groups is 3. The van der Waals surface area contributed by atoms with E-state index in [1.165, 1.54) is 135 Å². The van der Waals surface area contributed by atoms with Gasteiger partial charge in [0.2, 0.25) is 0 Å². The molecule has 0 aliphatic carbocycles. The zero-order chi connectivity index (χ0) is 36.8. The number of ether oxygens (including phenoxy) is 3. The van der Waals surface area contributed by atoms with E-state index >= 15 is 0 Å². The van der Waals surface area contributed by atoms with Crippen LogP contribution in [0.4, 0.5) is 0 Å². The van der Waals surface area contributed by atoms with Crippen molar-refractivity contribution in [2.45, 2.75) is 246 Å². The minimum Gasteiger partial charge on any atom is -0.462 e. The molecule has 6 nitrogen and oxygen atoms in total. The van der Waals surface area contributed by atoms with Crippen LogP contribution in [-0.4, -0.2) is 37.2 Å². The lowest BCUT2D eigenvalue weighted by Crippen LogP contribution is -2.30. The van der Waals surface area contributed by atoms with E-state index in [1.807, 2.05) is 0 Å². The maximum atomic E-state index is 12.6. The van der Waals surface area contributed by atoms with Gasteiger partial charge in [-0.05, 0) is 25.2 Å². The molecule has 0 aromatic heterocycles. The molecule has 0 heterocycles. The molecule has 1 unspecified atom stereocenters. The number of esters is 3. The first kappa shape index (κ1) is 48.4. The Morgan fingerprint density at radius 1 is 0.400 bits per heavy atom. The highest BCUT2D eigenvalue weighted by Crippen LogP contribution is 2.16. The van der Waals surface area contributed by atoms with Crippen LogP contribution in [0.5, 0.6) is 0 Å². The summed E-state index contributed by atoms with van der Waals surface area (Å²) < 4.78 is 16.6. The summed E-state index contributed by atoms with van der Waals surface area (Å²) in [7, 11) is 0. The van der Waals surface area contributed by atoms with Crippen LogP contribution in [0.3, 0.4) is 0 Å². The molecule has 0 aliphatic rings. The standard InChI is InChI=1S/C44H84O6/c1-5-8-10-12-14-18-23-27-31-35-42(45)48-38-41(50-44(47)37-33-29-25-19-15-13-11-9-6-2)39-49-43(46)36-32-28-24-21-17-16-20-22-26-30-34-40(4)7-3/h40-41H,5-39H2,1-4H3/t40?,41-/m0/s1. The Morgan fingerprint density at radius 3 is 1.04 bits per heavy atom. The van der Waals surface area contributed by atoms with E-state index in [9.17, 15) is 14.4 Å². The highest BCUT2D eigenvalue weighted by atomic mass is 16.6. The molecule has 0 fully saturated rings. The van der Waals surface area contributed by atoms with E-state index in [1.54, 1.807) is 0 Å². The van der Waals surface area contributed by atoms with Gasteiger partial charge in [-0.2, -0.15) is 0 Å². The van der Waals surface area contributed by atoms with Crippen LogP contribution in [0.2, 0.25) is 0 Å². The second kappa shape index (κ2) is 38.6. The maximum Gasteiger partial charge on any atom is 0.306 e. The summed E-state index contributed by atoms with van der Waals surface area (Å²) in [6.07, 6.45) is 36.5. The van der Waals surface area contributed by atoms with Gasteiger partial charge in [0, 0.05) is 19.3 Å². The van der Waals surface area contributed by atoms with Crippen LogP contribution in [0.25, 0.3) is 0 Å². The Kier molecular flexibility index (Phi) is 37.4. The van der Waals surface area contributed by atoms with Crippen molar-refractivity contribution >= 4 is 17.9 Å². The van der Waals surface area contributed by atoms with Gasteiger partial charge in [-0.1, -0.05) is 201 Å². The van der Waals surface area contributed by atoms with E-state index in [-0.39, 0.29) is 31.1 Å². The predicted molar refractivity (Wildman–Crippen MR) is 210 cm³/mol. The van der Waals surface area contributed by atoms with Crippen LogP contribution in [-0.2, 0) is 28.6 Å².